The summed E-state index contributed by atoms with van der Waals surface area (Å²) in [6.07, 6.45) is 4.00. The van der Waals surface area contributed by atoms with E-state index in [1.54, 1.807) is 6.92 Å². The van der Waals surface area contributed by atoms with Crippen LogP contribution in [0, 0.1) is 0 Å². The van der Waals surface area contributed by atoms with E-state index in [9.17, 15) is 8.42 Å². The van der Waals surface area contributed by atoms with Gasteiger partial charge in [-0.3, -0.25) is 0 Å². The second-order valence-corrected chi connectivity index (χ2v) is 6.71. The first kappa shape index (κ1) is 12.0. The predicted molar refractivity (Wildman–Crippen MR) is 59.2 cm³/mol. The van der Waals surface area contributed by atoms with E-state index in [0.717, 1.165) is 19.4 Å². The molecule has 0 aromatic heterocycles. The van der Waals surface area contributed by atoms with Gasteiger partial charge in [-0.1, -0.05) is 6.92 Å². The van der Waals surface area contributed by atoms with E-state index < -0.39 is 9.84 Å². The van der Waals surface area contributed by atoms with Crippen molar-refractivity contribution in [2.45, 2.75) is 50.8 Å². The molecule has 1 aliphatic rings. The van der Waals surface area contributed by atoms with Crippen LogP contribution in [0.5, 0.6) is 0 Å². The van der Waals surface area contributed by atoms with Crippen LogP contribution >= 0.6 is 0 Å². The van der Waals surface area contributed by atoms with Crippen LogP contribution < -0.4 is 5.32 Å². The van der Waals surface area contributed by atoms with Gasteiger partial charge in [-0.25, -0.2) is 8.42 Å². The normalized spacial score (nSPS) is 19.6. The molecule has 1 rings (SSSR count). The standard InChI is InChI=1S/C10H21NO2S/c1-3-9(2)14(12,13)8-4-7-11-10-5-6-10/h9-11H,3-8H2,1-2H3. The number of sulfone groups is 1. The van der Waals surface area contributed by atoms with Gasteiger partial charge in [0.25, 0.3) is 0 Å². The van der Waals surface area contributed by atoms with Crippen molar-refractivity contribution in [3.05, 3.63) is 0 Å². The topological polar surface area (TPSA) is 46.2 Å². The van der Waals surface area contributed by atoms with Gasteiger partial charge in [0.15, 0.2) is 9.84 Å². The van der Waals surface area contributed by atoms with Gasteiger partial charge in [0.2, 0.25) is 0 Å². The van der Waals surface area contributed by atoms with E-state index in [1.165, 1.54) is 12.8 Å². The van der Waals surface area contributed by atoms with Crippen LogP contribution in [0.2, 0.25) is 0 Å². The van der Waals surface area contributed by atoms with Crippen molar-refractivity contribution in [1.29, 1.82) is 0 Å². The fourth-order valence-electron chi connectivity index (χ4n) is 1.32. The molecule has 0 saturated heterocycles. The summed E-state index contributed by atoms with van der Waals surface area (Å²) in [6, 6.07) is 0.682. The van der Waals surface area contributed by atoms with Crippen molar-refractivity contribution >= 4 is 9.84 Å². The monoisotopic (exact) mass is 219 g/mol. The Morgan fingerprint density at radius 2 is 2.07 bits per heavy atom. The summed E-state index contributed by atoms with van der Waals surface area (Å²) in [7, 11) is -2.83. The molecule has 1 unspecified atom stereocenters. The lowest BCUT2D eigenvalue weighted by Crippen LogP contribution is -2.24. The first-order valence-electron chi connectivity index (χ1n) is 5.51. The smallest absolute Gasteiger partial charge is 0.152 e. The van der Waals surface area contributed by atoms with Crippen molar-refractivity contribution in [2.24, 2.45) is 0 Å². The second kappa shape index (κ2) is 5.12. The molecule has 14 heavy (non-hydrogen) atoms. The van der Waals surface area contributed by atoms with Crippen LogP contribution in [-0.2, 0) is 9.84 Å². The average Bonchev–Trinajstić information content (AvgIpc) is 2.94. The summed E-state index contributed by atoms with van der Waals surface area (Å²) < 4.78 is 23.2. The second-order valence-electron chi connectivity index (χ2n) is 4.17. The minimum absolute atomic E-state index is 0.177. The number of rotatable bonds is 7. The Morgan fingerprint density at radius 1 is 1.43 bits per heavy atom. The minimum Gasteiger partial charge on any atom is -0.314 e. The van der Waals surface area contributed by atoms with Crippen molar-refractivity contribution in [1.82, 2.24) is 5.32 Å². The van der Waals surface area contributed by atoms with Gasteiger partial charge in [0.1, 0.15) is 0 Å². The molecular weight excluding hydrogens is 198 g/mol. The van der Waals surface area contributed by atoms with Crippen LogP contribution in [0.15, 0.2) is 0 Å². The molecule has 3 nitrogen and oxygen atoms in total. The first-order chi connectivity index (χ1) is 6.56. The zero-order valence-electron chi connectivity index (χ0n) is 9.12. The van der Waals surface area contributed by atoms with Gasteiger partial charge in [-0.15, -0.1) is 0 Å². The van der Waals surface area contributed by atoms with E-state index in [4.69, 9.17) is 0 Å². The summed E-state index contributed by atoms with van der Waals surface area (Å²) in [4.78, 5) is 0. The molecule has 4 heteroatoms. The lowest BCUT2D eigenvalue weighted by atomic mass is 10.4. The Hall–Kier alpha value is -0.0900. The molecule has 0 spiro atoms. The molecule has 0 heterocycles. The molecule has 0 aliphatic heterocycles. The van der Waals surface area contributed by atoms with Crippen molar-refractivity contribution in [2.75, 3.05) is 12.3 Å². The van der Waals surface area contributed by atoms with E-state index in [1.807, 2.05) is 6.92 Å². The molecule has 84 valence electrons. The SMILES string of the molecule is CCC(C)S(=O)(=O)CCCNC1CC1. The summed E-state index contributed by atoms with van der Waals surface area (Å²) in [5.41, 5.74) is 0. The van der Waals surface area contributed by atoms with E-state index in [-0.39, 0.29) is 5.25 Å². The molecule has 1 atom stereocenters. The van der Waals surface area contributed by atoms with Crippen LogP contribution in [0.25, 0.3) is 0 Å². The third-order valence-electron chi connectivity index (χ3n) is 2.80. The Labute approximate surface area is 87.2 Å². The van der Waals surface area contributed by atoms with E-state index >= 15 is 0 Å². The van der Waals surface area contributed by atoms with Crippen LogP contribution in [0.3, 0.4) is 0 Å². The summed E-state index contributed by atoms with van der Waals surface area (Å²) >= 11 is 0. The lowest BCUT2D eigenvalue weighted by Gasteiger charge is -2.10. The summed E-state index contributed by atoms with van der Waals surface area (Å²) in [6.45, 7) is 4.56. The summed E-state index contributed by atoms with van der Waals surface area (Å²) in [5.74, 6) is 0.335. The number of hydrogen-bond acceptors (Lipinski definition) is 3. The maximum Gasteiger partial charge on any atom is 0.152 e. The van der Waals surface area contributed by atoms with E-state index in [0.29, 0.717) is 11.8 Å². The molecule has 0 bridgehead atoms. The van der Waals surface area contributed by atoms with Gasteiger partial charge in [0.05, 0.1) is 11.0 Å². The fourth-order valence-corrected chi connectivity index (χ4v) is 2.78. The number of nitrogens with one attached hydrogen (secondary N) is 1. The Morgan fingerprint density at radius 3 is 2.57 bits per heavy atom. The number of hydrogen-bond donors (Lipinski definition) is 1. The highest BCUT2D eigenvalue weighted by Gasteiger charge is 2.21. The molecule has 1 fully saturated rings. The maximum absolute atomic E-state index is 11.6. The van der Waals surface area contributed by atoms with Crippen LogP contribution in [-0.4, -0.2) is 32.0 Å². The van der Waals surface area contributed by atoms with E-state index in [2.05, 4.69) is 5.32 Å². The molecule has 1 saturated carbocycles. The zero-order chi connectivity index (χ0) is 10.6. The minimum atomic E-state index is -2.83. The first-order valence-corrected chi connectivity index (χ1v) is 7.22. The highest BCUT2D eigenvalue weighted by atomic mass is 32.2. The van der Waals surface area contributed by atoms with Gasteiger partial charge < -0.3 is 5.32 Å². The predicted octanol–water partition coefficient (Wildman–Crippen LogP) is 1.34. The Bertz CT molecular complexity index is 257. The largest absolute Gasteiger partial charge is 0.314 e. The molecular formula is C10H21NO2S. The fraction of sp³-hybridized carbons (Fsp3) is 1.00. The Balaban J connectivity index is 2.14. The van der Waals surface area contributed by atoms with Crippen LogP contribution in [0.1, 0.15) is 39.5 Å². The summed E-state index contributed by atoms with van der Waals surface area (Å²) in [5, 5.41) is 3.14. The molecule has 1 aliphatic carbocycles. The molecule has 0 aromatic rings. The molecule has 1 N–H and O–H groups in total. The zero-order valence-corrected chi connectivity index (χ0v) is 9.94. The maximum atomic E-state index is 11.6. The van der Waals surface area contributed by atoms with Gasteiger partial charge in [-0.05, 0) is 39.2 Å². The molecule has 0 aromatic carbocycles. The lowest BCUT2D eigenvalue weighted by molar-refractivity contribution is 0.574. The molecule has 0 radical (unpaired) electrons. The average molecular weight is 219 g/mol. The van der Waals surface area contributed by atoms with Gasteiger partial charge in [0, 0.05) is 6.04 Å². The highest BCUT2D eigenvalue weighted by molar-refractivity contribution is 7.91. The van der Waals surface area contributed by atoms with Crippen LogP contribution in [0.4, 0.5) is 0 Å². The van der Waals surface area contributed by atoms with Crippen molar-refractivity contribution in [3.63, 3.8) is 0 Å². The van der Waals surface area contributed by atoms with Crippen molar-refractivity contribution in [3.8, 4) is 0 Å². The third kappa shape index (κ3) is 3.96. The third-order valence-corrected chi connectivity index (χ3v) is 5.22. The Kier molecular flexibility index (Phi) is 4.38. The van der Waals surface area contributed by atoms with Crippen molar-refractivity contribution < 1.29 is 8.42 Å². The van der Waals surface area contributed by atoms with Gasteiger partial charge >= 0.3 is 0 Å². The quantitative estimate of drug-likeness (QED) is 0.657. The highest BCUT2D eigenvalue weighted by Crippen LogP contribution is 2.18. The molecule has 0 amide bonds. The van der Waals surface area contributed by atoms with Gasteiger partial charge in [-0.2, -0.15) is 0 Å².